The van der Waals surface area contributed by atoms with Crippen molar-refractivity contribution in [2.45, 2.75) is 0 Å². The summed E-state index contributed by atoms with van der Waals surface area (Å²) in [4.78, 5) is 0. The zero-order valence-electron chi connectivity index (χ0n) is 7.00. The van der Waals surface area contributed by atoms with Crippen molar-refractivity contribution in [3.8, 4) is 17.6 Å². The molecule has 0 aromatic heterocycles. The Morgan fingerprint density at radius 3 is 1.92 bits per heavy atom. The number of hydrogen-bond acceptors (Lipinski definition) is 3. The SMILES string of the molecule is COc1cc(C#N)cc(OC)c1. The molecule has 0 unspecified atom stereocenters. The van der Waals surface area contributed by atoms with Gasteiger partial charge in [-0.25, -0.2) is 0 Å². The van der Waals surface area contributed by atoms with Gasteiger partial charge in [0.1, 0.15) is 11.5 Å². The lowest BCUT2D eigenvalue weighted by Crippen LogP contribution is -1.88. The minimum Gasteiger partial charge on any atom is -0.497 e. The number of benzene rings is 1. The summed E-state index contributed by atoms with van der Waals surface area (Å²) in [6.07, 6.45) is 0. The molecule has 0 saturated carbocycles. The Hall–Kier alpha value is -1.69. The van der Waals surface area contributed by atoms with Crippen LogP contribution in [0.5, 0.6) is 11.5 Å². The van der Waals surface area contributed by atoms with Crippen molar-refractivity contribution in [1.82, 2.24) is 0 Å². The Morgan fingerprint density at radius 2 is 1.58 bits per heavy atom. The Bertz CT molecular complexity index is 293. The molecular formula is C9H9NO2. The standard InChI is InChI=1S/C9H9NO2/c1-11-8-3-7(6-10)4-9(5-8)12-2/h3-5H,1-2H3. The first kappa shape index (κ1) is 8.41. The van der Waals surface area contributed by atoms with Crippen LogP contribution in [-0.2, 0) is 0 Å². The van der Waals surface area contributed by atoms with Gasteiger partial charge in [-0.05, 0) is 12.1 Å². The molecule has 12 heavy (non-hydrogen) atoms. The predicted molar refractivity (Wildman–Crippen MR) is 44.3 cm³/mol. The minimum atomic E-state index is 0.534. The van der Waals surface area contributed by atoms with Crippen LogP contribution in [-0.4, -0.2) is 14.2 Å². The summed E-state index contributed by atoms with van der Waals surface area (Å²) < 4.78 is 9.94. The summed E-state index contributed by atoms with van der Waals surface area (Å²) in [7, 11) is 3.10. The molecule has 0 fully saturated rings. The summed E-state index contributed by atoms with van der Waals surface area (Å²) in [5, 5.41) is 8.62. The molecule has 62 valence electrons. The quantitative estimate of drug-likeness (QED) is 0.664. The van der Waals surface area contributed by atoms with E-state index in [1.165, 1.54) is 0 Å². The lowest BCUT2D eigenvalue weighted by molar-refractivity contribution is 0.394. The van der Waals surface area contributed by atoms with Crippen LogP contribution in [0.15, 0.2) is 18.2 Å². The van der Waals surface area contributed by atoms with Crippen molar-refractivity contribution in [3.63, 3.8) is 0 Å². The number of methoxy groups -OCH3 is 2. The molecule has 0 aliphatic heterocycles. The zero-order valence-corrected chi connectivity index (χ0v) is 7.00. The van der Waals surface area contributed by atoms with Crippen LogP contribution in [0.1, 0.15) is 5.56 Å². The number of rotatable bonds is 2. The van der Waals surface area contributed by atoms with E-state index in [1.54, 1.807) is 32.4 Å². The second-order valence-electron chi connectivity index (χ2n) is 2.21. The van der Waals surface area contributed by atoms with Crippen LogP contribution >= 0.6 is 0 Å². The molecule has 0 N–H and O–H groups in total. The van der Waals surface area contributed by atoms with E-state index in [-0.39, 0.29) is 0 Å². The molecule has 0 amide bonds. The van der Waals surface area contributed by atoms with Gasteiger partial charge in [0.15, 0.2) is 0 Å². The lowest BCUT2D eigenvalue weighted by Gasteiger charge is -2.03. The van der Waals surface area contributed by atoms with E-state index in [4.69, 9.17) is 14.7 Å². The third kappa shape index (κ3) is 1.67. The monoisotopic (exact) mass is 163 g/mol. The molecule has 0 saturated heterocycles. The topological polar surface area (TPSA) is 42.2 Å². The molecule has 3 heteroatoms. The van der Waals surface area contributed by atoms with Gasteiger partial charge in [0.05, 0.1) is 25.9 Å². The van der Waals surface area contributed by atoms with Gasteiger partial charge < -0.3 is 9.47 Å². The van der Waals surface area contributed by atoms with Crippen molar-refractivity contribution in [3.05, 3.63) is 23.8 Å². The van der Waals surface area contributed by atoms with Crippen LogP contribution in [0, 0.1) is 11.3 Å². The van der Waals surface area contributed by atoms with Crippen LogP contribution in [0.2, 0.25) is 0 Å². The van der Waals surface area contributed by atoms with Crippen LogP contribution in [0.4, 0.5) is 0 Å². The molecular weight excluding hydrogens is 154 g/mol. The highest BCUT2D eigenvalue weighted by atomic mass is 16.5. The van der Waals surface area contributed by atoms with Gasteiger partial charge in [-0.15, -0.1) is 0 Å². The maximum atomic E-state index is 8.62. The lowest BCUT2D eigenvalue weighted by atomic mass is 10.2. The maximum absolute atomic E-state index is 8.62. The van der Waals surface area contributed by atoms with E-state index in [9.17, 15) is 0 Å². The van der Waals surface area contributed by atoms with E-state index < -0.39 is 0 Å². The van der Waals surface area contributed by atoms with Crippen molar-refractivity contribution in [2.24, 2.45) is 0 Å². The summed E-state index contributed by atoms with van der Waals surface area (Å²) in [5.41, 5.74) is 0.534. The van der Waals surface area contributed by atoms with Crippen molar-refractivity contribution in [2.75, 3.05) is 14.2 Å². The largest absolute Gasteiger partial charge is 0.497 e. The molecule has 0 atom stereocenters. The molecule has 1 rings (SSSR count). The second kappa shape index (κ2) is 3.63. The highest BCUT2D eigenvalue weighted by Crippen LogP contribution is 2.21. The van der Waals surface area contributed by atoms with Crippen molar-refractivity contribution in [1.29, 1.82) is 5.26 Å². The molecule has 0 aliphatic rings. The molecule has 1 aromatic carbocycles. The van der Waals surface area contributed by atoms with E-state index in [1.807, 2.05) is 6.07 Å². The summed E-state index contributed by atoms with van der Waals surface area (Å²) in [6.45, 7) is 0. The second-order valence-corrected chi connectivity index (χ2v) is 2.21. The van der Waals surface area contributed by atoms with Gasteiger partial charge in [-0.3, -0.25) is 0 Å². The van der Waals surface area contributed by atoms with Crippen molar-refractivity contribution < 1.29 is 9.47 Å². The zero-order chi connectivity index (χ0) is 8.97. The van der Waals surface area contributed by atoms with Crippen LogP contribution in [0.25, 0.3) is 0 Å². The van der Waals surface area contributed by atoms with Crippen molar-refractivity contribution >= 4 is 0 Å². The first-order valence-electron chi connectivity index (χ1n) is 3.43. The number of nitrogens with zero attached hydrogens (tertiary/aromatic N) is 1. The van der Waals surface area contributed by atoms with Crippen LogP contribution < -0.4 is 9.47 Å². The minimum absolute atomic E-state index is 0.534. The van der Waals surface area contributed by atoms with Gasteiger partial charge in [0, 0.05) is 6.07 Å². The molecule has 0 heterocycles. The van der Waals surface area contributed by atoms with E-state index in [2.05, 4.69) is 0 Å². The van der Waals surface area contributed by atoms with Gasteiger partial charge in [-0.1, -0.05) is 0 Å². The molecule has 0 spiro atoms. The molecule has 0 radical (unpaired) electrons. The van der Waals surface area contributed by atoms with Crippen LogP contribution in [0.3, 0.4) is 0 Å². The molecule has 1 aromatic rings. The fourth-order valence-electron chi connectivity index (χ4n) is 0.872. The van der Waals surface area contributed by atoms with E-state index >= 15 is 0 Å². The van der Waals surface area contributed by atoms with Gasteiger partial charge in [0.2, 0.25) is 0 Å². The average molecular weight is 163 g/mol. The summed E-state index contributed by atoms with van der Waals surface area (Å²) >= 11 is 0. The Labute approximate surface area is 71.1 Å². The average Bonchev–Trinajstić information content (AvgIpc) is 2.16. The Kier molecular flexibility index (Phi) is 2.54. The summed E-state index contributed by atoms with van der Waals surface area (Å²) in [5.74, 6) is 1.26. The molecule has 3 nitrogen and oxygen atoms in total. The number of nitriles is 1. The normalized spacial score (nSPS) is 8.75. The third-order valence-electron chi connectivity index (χ3n) is 1.48. The van der Waals surface area contributed by atoms with E-state index in [0.29, 0.717) is 17.1 Å². The molecule has 0 aliphatic carbocycles. The fourth-order valence-corrected chi connectivity index (χ4v) is 0.872. The highest BCUT2D eigenvalue weighted by Gasteiger charge is 1.99. The predicted octanol–water partition coefficient (Wildman–Crippen LogP) is 1.58. The third-order valence-corrected chi connectivity index (χ3v) is 1.48. The highest BCUT2D eigenvalue weighted by molar-refractivity contribution is 5.43. The van der Waals surface area contributed by atoms with E-state index in [0.717, 1.165) is 0 Å². The van der Waals surface area contributed by atoms with Gasteiger partial charge in [0.25, 0.3) is 0 Å². The number of ether oxygens (including phenoxy) is 2. The van der Waals surface area contributed by atoms with Gasteiger partial charge in [-0.2, -0.15) is 5.26 Å². The summed E-state index contributed by atoms with van der Waals surface area (Å²) in [6, 6.07) is 7.05. The fraction of sp³-hybridized carbons (Fsp3) is 0.222. The number of hydrogen-bond donors (Lipinski definition) is 0. The smallest absolute Gasteiger partial charge is 0.123 e. The molecule has 0 bridgehead atoms. The Morgan fingerprint density at radius 1 is 1.08 bits per heavy atom. The maximum Gasteiger partial charge on any atom is 0.123 e. The van der Waals surface area contributed by atoms with Gasteiger partial charge >= 0.3 is 0 Å². The first-order chi connectivity index (χ1) is 5.80. The first-order valence-corrected chi connectivity index (χ1v) is 3.43. The Balaban J connectivity index is 3.12.